The molecule has 0 aromatic carbocycles. The van der Waals surface area contributed by atoms with Crippen molar-refractivity contribution >= 4 is 12.0 Å². The molecule has 1 aliphatic rings. The van der Waals surface area contributed by atoms with Crippen molar-refractivity contribution in [2.45, 2.75) is 58.5 Å². The molecule has 104 valence electrons. The molecule has 1 rings (SSSR count). The van der Waals surface area contributed by atoms with E-state index in [4.69, 9.17) is 5.11 Å². The van der Waals surface area contributed by atoms with Gasteiger partial charge in [-0.2, -0.15) is 0 Å². The first-order valence-electron chi connectivity index (χ1n) is 6.73. The monoisotopic (exact) mass is 256 g/mol. The van der Waals surface area contributed by atoms with Crippen molar-refractivity contribution in [2.75, 3.05) is 6.54 Å². The number of nitrogens with one attached hydrogen (secondary N) is 1. The van der Waals surface area contributed by atoms with Gasteiger partial charge in [0.05, 0.1) is 0 Å². The first-order chi connectivity index (χ1) is 8.43. The minimum absolute atomic E-state index is 0.0609. The van der Waals surface area contributed by atoms with Gasteiger partial charge in [-0.25, -0.2) is 4.79 Å². The highest BCUT2D eigenvalue weighted by Crippen LogP contribution is 2.33. The summed E-state index contributed by atoms with van der Waals surface area (Å²) in [5.74, 6) is -0.225. The van der Waals surface area contributed by atoms with Crippen molar-refractivity contribution in [2.24, 2.45) is 5.92 Å². The molecule has 2 N–H and O–H groups in total. The largest absolute Gasteiger partial charge is 0.480 e. The van der Waals surface area contributed by atoms with Gasteiger partial charge in [0.15, 0.2) is 0 Å². The van der Waals surface area contributed by atoms with Crippen LogP contribution < -0.4 is 5.32 Å². The fourth-order valence-electron chi connectivity index (χ4n) is 2.00. The second kappa shape index (κ2) is 6.61. The Bertz CT molecular complexity index is 303. The van der Waals surface area contributed by atoms with E-state index in [2.05, 4.69) is 5.32 Å². The van der Waals surface area contributed by atoms with E-state index < -0.39 is 5.97 Å². The van der Waals surface area contributed by atoms with Crippen LogP contribution in [0.5, 0.6) is 0 Å². The maximum Gasteiger partial charge on any atom is 0.323 e. The lowest BCUT2D eigenvalue weighted by molar-refractivity contribution is -0.138. The highest BCUT2D eigenvalue weighted by Gasteiger charge is 2.26. The summed E-state index contributed by atoms with van der Waals surface area (Å²) in [6, 6.07) is -0.209. The van der Waals surface area contributed by atoms with E-state index in [1.54, 1.807) is 0 Å². The van der Waals surface area contributed by atoms with Crippen molar-refractivity contribution in [1.82, 2.24) is 10.2 Å². The number of rotatable bonds is 7. The van der Waals surface area contributed by atoms with Crippen LogP contribution in [0.15, 0.2) is 0 Å². The third kappa shape index (κ3) is 4.94. The highest BCUT2D eigenvalue weighted by molar-refractivity contribution is 5.80. The van der Waals surface area contributed by atoms with Crippen LogP contribution in [-0.4, -0.2) is 40.6 Å². The predicted molar refractivity (Wildman–Crippen MR) is 69.4 cm³/mol. The van der Waals surface area contributed by atoms with Crippen molar-refractivity contribution in [3.63, 3.8) is 0 Å². The molecule has 0 radical (unpaired) electrons. The molecular weight excluding hydrogens is 232 g/mol. The summed E-state index contributed by atoms with van der Waals surface area (Å²) in [6.45, 7) is 5.55. The Morgan fingerprint density at radius 2 is 2.00 bits per heavy atom. The number of nitrogens with zero attached hydrogens (tertiary/aromatic N) is 1. The molecule has 5 heteroatoms. The Kier molecular flexibility index (Phi) is 5.44. The number of carboxylic acid groups (broad SMARTS) is 1. The summed E-state index contributed by atoms with van der Waals surface area (Å²) in [6.07, 6.45) is 4.25. The summed E-state index contributed by atoms with van der Waals surface area (Å²) in [7, 11) is 0. The molecule has 0 aliphatic heterocycles. The Labute approximate surface area is 109 Å². The lowest BCUT2D eigenvalue weighted by Gasteiger charge is -2.28. The number of amides is 2. The molecule has 2 unspecified atom stereocenters. The standard InChI is InChI=1S/C13H24N2O3/c1-4-10(3)15(8-12(16)17)13(18)14-9(2)7-11-5-6-11/h9-11H,4-8H2,1-3H3,(H,14,18)(H,16,17). The van der Waals surface area contributed by atoms with Gasteiger partial charge in [-0.3, -0.25) is 4.79 Å². The maximum absolute atomic E-state index is 12.0. The number of aliphatic carboxylic acids is 1. The van der Waals surface area contributed by atoms with Crippen LogP contribution in [0.3, 0.4) is 0 Å². The van der Waals surface area contributed by atoms with Gasteiger partial charge in [0.1, 0.15) is 6.54 Å². The van der Waals surface area contributed by atoms with Crippen LogP contribution in [0, 0.1) is 5.92 Å². The molecule has 0 aromatic heterocycles. The fourth-order valence-corrected chi connectivity index (χ4v) is 2.00. The predicted octanol–water partition coefficient (Wildman–Crippen LogP) is 2.07. The third-order valence-corrected chi connectivity index (χ3v) is 3.44. The second-order valence-electron chi connectivity index (χ2n) is 5.31. The number of carbonyl (C=O) groups excluding carboxylic acids is 1. The molecule has 0 spiro atoms. The third-order valence-electron chi connectivity index (χ3n) is 3.44. The van der Waals surface area contributed by atoms with E-state index in [0.717, 1.165) is 18.8 Å². The Balaban J connectivity index is 2.48. The first-order valence-corrected chi connectivity index (χ1v) is 6.73. The molecule has 0 aromatic rings. The highest BCUT2D eigenvalue weighted by atomic mass is 16.4. The van der Waals surface area contributed by atoms with Crippen LogP contribution in [0.1, 0.15) is 46.5 Å². The molecule has 0 bridgehead atoms. The number of carbonyl (C=O) groups is 2. The Morgan fingerprint density at radius 3 is 2.44 bits per heavy atom. The van der Waals surface area contributed by atoms with Crippen molar-refractivity contribution < 1.29 is 14.7 Å². The minimum Gasteiger partial charge on any atom is -0.480 e. The van der Waals surface area contributed by atoms with Gasteiger partial charge in [0.25, 0.3) is 0 Å². The summed E-state index contributed by atoms with van der Waals surface area (Å²) in [5, 5.41) is 11.7. The van der Waals surface area contributed by atoms with E-state index in [-0.39, 0.29) is 24.7 Å². The molecule has 1 saturated carbocycles. The zero-order valence-corrected chi connectivity index (χ0v) is 11.5. The van der Waals surface area contributed by atoms with E-state index in [9.17, 15) is 9.59 Å². The topological polar surface area (TPSA) is 69.6 Å². The molecule has 0 saturated heterocycles. The average molecular weight is 256 g/mol. The van der Waals surface area contributed by atoms with E-state index in [1.807, 2.05) is 20.8 Å². The lowest BCUT2D eigenvalue weighted by Crippen LogP contribution is -2.49. The number of hydrogen-bond acceptors (Lipinski definition) is 2. The van der Waals surface area contributed by atoms with Gasteiger partial charge in [-0.1, -0.05) is 19.8 Å². The smallest absolute Gasteiger partial charge is 0.323 e. The molecule has 1 aliphatic carbocycles. The van der Waals surface area contributed by atoms with Crippen LogP contribution in [0.25, 0.3) is 0 Å². The van der Waals surface area contributed by atoms with Gasteiger partial charge in [0.2, 0.25) is 0 Å². The fraction of sp³-hybridized carbons (Fsp3) is 0.846. The van der Waals surface area contributed by atoms with Crippen LogP contribution in [0.4, 0.5) is 4.79 Å². The Hall–Kier alpha value is -1.26. The van der Waals surface area contributed by atoms with Gasteiger partial charge in [0, 0.05) is 12.1 Å². The summed E-state index contributed by atoms with van der Waals surface area (Å²) in [4.78, 5) is 24.2. The number of hydrogen-bond donors (Lipinski definition) is 2. The molecule has 1 fully saturated rings. The van der Waals surface area contributed by atoms with E-state index in [0.29, 0.717) is 0 Å². The van der Waals surface area contributed by atoms with Crippen molar-refractivity contribution in [1.29, 1.82) is 0 Å². The van der Waals surface area contributed by atoms with Gasteiger partial charge >= 0.3 is 12.0 Å². The van der Waals surface area contributed by atoms with Gasteiger partial charge < -0.3 is 15.3 Å². The zero-order chi connectivity index (χ0) is 13.7. The summed E-state index contributed by atoms with van der Waals surface area (Å²) < 4.78 is 0. The second-order valence-corrected chi connectivity index (χ2v) is 5.31. The SMILES string of the molecule is CCC(C)N(CC(=O)O)C(=O)NC(C)CC1CC1. The lowest BCUT2D eigenvalue weighted by atomic mass is 10.1. The number of urea groups is 1. The van der Waals surface area contributed by atoms with Crippen LogP contribution in [0.2, 0.25) is 0 Å². The van der Waals surface area contributed by atoms with Crippen molar-refractivity contribution in [3.8, 4) is 0 Å². The molecule has 0 heterocycles. The molecule has 2 amide bonds. The average Bonchev–Trinajstić information content (AvgIpc) is 3.08. The normalized spacial score (nSPS) is 17.9. The molecular formula is C13H24N2O3. The van der Waals surface area contributed by atoms with Gasteiger partial charge in [-0.15, -0.1) is 0 Å². The van der Waals surface area contributed by atoms with Crippen molar-refractivity contribution in [3.05, 3.63) is 0 Å². The van der Waals surface area contributed by atoms with E-state index in [1.165, 1.54) is 17.7 Å². The number of carboxylic acids is 1. The Morgan fingerprint density at radius 1 is 1.39 bits per heavy atom. The van der Waals surface area contributed by atoms with Crippen LogP contribution >= 0.6 is 0 Å². The van der Waals surface area contributed by atoms with Crippen LogP contribution in [-0.2, 0) is 4.79 Å². The van der Waals surface area contributed by atoms with E-state index >= 15 is 0 Å². The molecule has 5 nitrogen and oxygen atoms in total. The maximum atomic E-state index is 12.0. The minimum atomic E-state index is -0.972. The quantitative estimate of drug-likeness (QED) is 0.732. The zero-order valence-electron chi connectivity index (χ0n) is 11.5. The van der Waals surface area contributed by atoms with Gasteiger partial charge in [-0.05, 0) is 32.6 Å². The summed E-state index contributed by atoms with van der Waals surface area (Å²) >= 11 is 0. The summed E-state index contributed by atoms with van der Waals surface area (Å²) in [5.41, 5.74) is 0. The molecule has 2 atom stereocenters. The first kappa shape index (κ1) is 14.8. The molecule has 18 heavy (non-hydrogen) atoms.